The highest BCUT2D eigenvalue weighted by atomic mass is 16.8. The van der Waals surface area contributed by atoms with Gasteiger partial charge in [-0.1, -0.05) is 27.7 Å². The van der Waals surface area contributed by atoms with E-state index in [2.05, 4.69) is 33.0 Å². The van der Waals surface area contributed by atoms with Crippen LogP contribution in [0.5, 0.6) is 0 Å². The molecule has 0 aromatic heterocycles. The van der Waals surface area contributed by atoms with Crippen molar-refractivity contribution in [3.8, 4) is 0 Å². The van der Waals surface area contributed by atoms with Gasteiger partial charge in [0.2, 0.25) is 0 Å². The third kappa shape index (κ3) is 5.81. The van der Waals surface area contributed by atoms with Gasteiger partial charge in [0.15, 0.2) is 12.6 Å². The average molecular weight is 740 g/mol. The number of aliphatic hydroxyl groups is 7. The molecule has 8 aliphatic rings. The number of hydrogen-bond donors (Lipinski definition) is 8. The van der Waals surface area contributed by atoms with Gasteiger partial charge in [0.05, 0.1) is 31.0 Å². The molecule has 4 saturated carbocycles. The molecule has 0 radical (unpaired) electrons. The smallest absolute Gasteiger partial charge is 0.187 e. The molecule has 4 saturated heterocycles. The Kier molecular flexibility index (Phi) is 10.2. The molecule has 0 aromatic carbocycles. The summed E-state index contributed by atoms with van der Waals surface area (Å²) in [6.45, 7) is 11.5. The molecule has 8 rings (SSSR count). The lowest BCUT2D eigenvalue weighted by Gasteiger charge is -2.61. The van der Waals surface area contributed by atoms with E-state index < -0.39 is 74.1 Å². The first-order valence-electron chi connectivity index (χ1n) is 20.4. The van der Waals surface area contributed by atoms with Crippen molar-refractivity contribution in [1.82, 2.24) is 5.32 Å². The first-order valence-corrected chi connectivity index (χ1v) is 20.4. The van der Waals surface area contributed by atoms with Crippen LogP contribution in [0.3, 0.4) is 0 Å². The maximum absolute atomic E-state index is 12.2. The molecule has 4 aliphatic heterocycles. The molecule has 4 heterocycles. The number of nitrogens with one attached hydrogen (secondary N) is 1. The fraction of sp³-hybridized carbons (Fsp3) is 1.00. The van der Waals surface area contributed by atoms with Crippen LogP contribution in [0.1, 0.15) is 92.4 Å². The summed E-state index contributed by atoms with van der Waals surface area (Å²) in [6.07, 6.45) is -5.28. The number of fused-ring (bicyclic) bond motifs is 7. The van der Waals surface area contributed by atoms with Crippen LogP contribution < -0.4 is 5.32 Å². The molecule has 8 N–H and O–H groups in total. The van der Waals surface area contributed by atoms with E-state index in [1.807, 2.05) is 0 Å². The van der Waals surface area contributed by atoms with E-state index in [1.54, 1.807) is 0 Å². The lowest BCUT2D eigenvalue weighted by molar-refractivity contribution is -0.371. The molecule has 4 aliphatic carbocycles. The second-order valence-corrected chi connectivity index (χ2v) is 18.9. The molecular formula is C39H65NO12. The SMILES string of the molecule is CC1CCC2(NC1)OC1C(O)C3C4CCC5CC(OC6OC(CO)C(O)C(O)C6OC6OC(C)C(O)C(O)C6O)CCC5(C)C4CCC3(C)C1C2C. The van der Waals surface area contributed by atoms with Crippen LogP contribution in [-0.2, 0) is 23.7 Å². The average Bonchev–Trinajstić information content (AvgIpc) is 3.53. The van der Waals surface area contributed by atoms with Crippen LogP contribution in [-0.4, -0.2) is 134 Å². The number of hydrogen-bond acceptors (Lipinski definition) is 13. The number of piperidine rings is 1. The molecule has 298 valence electrons. The molecule has 1 spiro atoms. The van der Waals surface area contributed by atoms with Crippen LogP contribution >= 0.6 is 0 Å². The van der Waals surface area contributed by atoms with E-state index in [0.29, 0.717) is 35.5 Å². The van der Waals surface area contributed by atoms with E-state index in [4.69, 9.17) is 23.7 Å². The molecule has 23 atom stereocenters. The fourth-order valence-electron chi connectivity index (χ4n) is 13.4. The Hall–Kier alpha value is -0.520. The van der Waals surface area contributed by atoms with Crippen molar-refractivity contribution >= 4 is 0 Å². The van der Waals surface area contributed by atoms with Crippen molar-refractivity contribution in [2.45, 2.75) is 178 Å². The van der Waals surface area contributed by atoms with Crippen LogP contribution in [0.2, 0.25) is 0 Å². The molecule has 13 heteroatoms. The van der Waals surface area contributed by atoms with Gasteiger partial charge >= 0.3 is 0 Å². The number of aliphatic hydroxyl groups excluding tert-OH is 7. The van der Waals surface area contributed by atoms with Gasteiger partial charge in [0, 0.05) is 18.4 Å². The minimum absolute atomic E-state index is 0.0337. The second-order valence-electron chi connectivity index (χ2n) is 18.9. The number of rotatable bonds is 5. The Morgan fingerprint density at radius 1 is 0.712 bits per heavy atom. The standard InChI is InChI=1S/C39H65NO12/c1-17-8-13-39(40-15-17)18(2)25-33(52-39)29(44)26-22-7-6-20-14-21(9-11-37(20,4)23(22)10-12-38(25,26)5)49-36-34(31(46)28(43)24(16-41)50-36)51-35-32(47)30(45)27(42)19(3)48-35/h17-36,40-47H,6-16H2,1-5H3. The quantitative estimate of drug-likeness (QED) is 0.186. The minimum atomic E-state index is -1.61. The summed E-state index contributed by atoms with van der Waals surface area (Å²) in [5.74, 6) is 2.85. The minimum Gasteiger partial charge on any atom is -0.394 e. The van der Waals surface area contributed by atoms with Crippen LogP contribution in [0, 0.1) is 52.3 Å². The van der Waals surface area contributed by atoms with Crippen molar-refractivity contribution in [3.05, 3.63) is 0 Å². The summed E-state index contributed by atoms with van der Waals surface area (Å²) in [5.41, 5.74) is -0.208. The first-order chi connectivity index (χ1) is 24.6. The normalized spacial score (nSPS) is 60.5. The predicted molar refractivity (Wildman–Crippen MR) is 185 cm³/mol. The van der Waals surface area contributed by atoms with Gasteiger partial charge in [-0.25, -0.2) is 0 Å². The topological polar surface area (TPSA) is 200 Å². The van der Waals surface area contributed by atoms with E-state index in [1.165, 1.54) is 6.92 Å². The highest BCUT2D eigenvalue weighted by Gasteiger charge is 2.72. The fourth-order valence-corrected chi connectivity index (χ4v) is 13.4. The second kappa shape index (κ2) is 13.8. The van der Waals surface area contributed by atoms with E-state index in [-0.39, 0.29) is 34.7 Å². The lowest BCUT2D eigenvalue weighted by atomic mass is 9.44. The summed E-state index contributed by atoms with van der Waals surface area (Å²) in [6, 6.07) is 0. The van der Waals surface area contributed by atoms with Crippen molar-refractivity contribution in [1.29, 1.82) is 0 Å². The Balaban J connectivity index is 0.956. The molecule has 0 amide bonds. The van der Waals surface area contributed by atoms with Gasteiger partial charge in [-0.15, -0.1) is 0 Å². The maximum atomic E-state index is 12.2. The zero-order valence-corrected chi connectivity index (χ0v) is 31.5. The molecule has 13 nitrogen and oxygen atoms in total. The van der Waals surface area contributed by atoms with Crippen molar-refractivity contribution in [2.75, 3.05) is 13.2 Å². The summed E-state index contributed by atoms with van der Waals surface area (Å²) < 4.78 is 31.1. The summed E-state index contributed by atoms with van der Waals surface area (Å²) in [7, 11) is 0. The van der Waals surface area contributed by atoms with Gasteiger partial charge < -0.3 is 59.4 Å². The van der Waals surface area contributed by atoms with Crippen molar-refractivity contribution in [3.63, 3.8) is 0 Å². The van der Waals surface area contributed by atoms with Crippen molar-refractivity contribution in [2.24, 2.45) is 52.3 Å². The monoisotopic (exact) mass is 739 g/mol. The highest BCUT2D eigenvalue weighted by molar-refractivity contribution is 5.19. The Labute approximate surface area is 307 Å². The molecule has 23 unspecified atom stereocenters. The van der Waals surface area contributed by atoms with Crippen LogP contribution in [0.4, 0.5) is 0 Å². The molecular weight excluding hydrogens is 674 g/mol. The van der Waals surface area contributed by atoms with E-state index >= 15 is 0 Å². The van der Waals surface area contributed by atoms with Crippen LogP contribution in [0.25, 0.3) is 0 Å². The molecule has 0 bridgehead atoms. The third-order valence-corrected chi connectivity index (χ3v) is 16.4. The Bertz CT molecular complexity index is 1290. The Morgan fingerprint density at radius 3 is 2.17 bits per heavy atom. The lowest BCUT2D eigenvalue weighted by Crippen LogP contribution is -2.64. The zero-order valence-electron chi connectivity index (χ0n) is 31.5. The molecule has 0 aromatic rings. The van der Waals surface area contributed by atoms with Crippen molar-refractivity contribution < 1.29 is 59.4 Å². The molecule has 8 fully saturated rings. The first kappa shape index (κ1) is 38.4. The van der Waals surface area contributed by atoms with E-state index in [0.717, 1.165) is 64.3 Å². The zero-order chi connectivity index (χ0) is 37.1. The predicted octanol–water partition coefficient (Wildman–Crippen LogP) is 1.01. The third-order valence-electron chi connectivity index (χ3n) is 16.4. The van der Waals surface area contributed by atoms with Crippen LogP contribution in [0.15, 0.2) is 0 Å². The van der Waals surface area contributed by atoms with Gasteiger partial charge in [-0.05, 0) is 105 Å². The maximum Gasteiger partial charge on any atom is 0.187 e. The van der Waals surface area contributed by atoms with Gasteiger partial charge in [0.1, 0.15) is 48.5 Å². The largest absolute Gasteiger partial charge is 0.394 e. The van der Waals surface area contributed by atoms with Gasteiger partial charge in [0.25, 0.3) is 0 Å². The van der Waals surface area contributed by atoms with E-state index in [9.17, 15) is 35.7 Å². The summed E-state index contributed by atoms with van der Waals surface area (Å²) in [4.78, 5) is 0. The summed E-state index contributed by atoms with van der Waals surface area (Å²) >= 11 is 0. The number of ether oxygens (including phenoxy) is 5. The Morgan fingerprint density at radius 2 is 1.46 bits per heavy atom. The molecule has 52 heavy (non-hydrogen) atoms. The van der Waals surface area contributed by atoms with Gasteiger partial charge in [-0.3, -0.25) is 5.32 Å². The summed E-state index contributed by atoms with van der Waals surface area (Å²) in [5, 5.41) is 78.9. The van der Waals surface area contributed by atoms with Gasteiger partial charge in [-0.2, -0.15) is 0 Å². The highest BCUT2D eigenvalue weighted by Crippen LogP contribution is 2.71.